The maximum atomic E-state index is 4.33. The van der Waals surface area contributed by atoms with Crippen LogP contribution in [0.1, 0.15) is 19.5 Å². The number of fused-ring (bicyclic) bond motifs is 1. The molecule has 1 aromatic heterocycles. The Balaban J connectivity index is 2.45. The van der Waals surface area contributed by atoms with Gasteiger partial charge in [-0.3, -0.25) is 9.58 Å². The smallest absolute Gasteiger partial charge is 0.0701 e. The summed E-state index contributed by atoms with van der Waals surface area (Å²) >= 11 is 0. The Labute approximate surface area is 73.0 Å². The van der Waals surface area contributed by atoms with Crippen LogP contribution in [0.4, 0.5) is 0 Å². The molecular weight excluding hydrogens is 150 g/mol. The minimum Gasteiger partial charge on any atom is -0.298 e. The Morgan fingerprint density at radius 3 is 3.00 bits per heavy atom. The molecule has 12 heavy (non-hydrogen) atoms. The summed E-state index contributed by atoms with van der Waals surface area (Å²) in [6, 6.07) is 2.09. The molecule has 0 unspecified atom stereocenters. The van der Waals surface area contributed by atoms with E-state index in [2.05, 4.69) is 41.6 Å². The van der Waals surface area contributed by atoms with Gasteiger partial charge in [-0.1, -0.05) is 0 Å². The van der Waals surface area contributed by atoms with Gasteiger partial charge in [-0.05, 0) is 27.0 Å². The second-order valence-corrected chi connectivity index (χ2v) is 4.22. The Bertz CT molecular complexity index is 288. The molecule has 0 aromatic carbocycles. The summed E-state index contributed by atoms with van der Waals surface area (Å²) in [7, 11) is 2.15. The normalized spacial score (nSPS) is 22.2. The number of likely N-dealkylation sites (N-methyl/N-ethyl adjacent to an activating group) is 1. The Morgan fingerprint density at radius 2 is 2.25 bits per heavy atom. The number of rotatable bonds is 0. The molecular formula is C9H15N3. The maximum Gasteiger partial charge on any atom is 0.0701 e. The van der Waals surface area contributed by atoms with Gasteiger partial charge < -0.3 is 0 Å². The van der Waals surface area contributed by atoms with Gasteiger partial charge in [0, 0.05) is 19.3 Å². The lowest BCUT2D eigenvalue weighted by Gasteiger charge is -2.37. The number of hydrogen-bond acceptors (Lipinski definition) is 2. The molecule has 0 radical (unpaired) electrons. The first-order chi connectivity index (χ1) is 5.59. The van der Waals surface area contributed by atoms with Crippen molar-refractivity contribution in [1.29, 1.82) is 0 Å². The first-order valence-corrected chi connectivity index (χ1v) is 4.31. The highest BCUT2D eigenvalue weighted by molar-refractivity contribution is 5.07. The average Bonchev–Trinajstić information content (AvgIpc) is 2.32. The van der Waals surface area contributed by atoms with Crippen molar-refractivity contribution in [2.24, 2.45) is 0 Å². The minimum absolute atomic E-state index is 0.145. The minimum atomic E-state index is 0.145. The van der Waals surface area contributed by atoms with Crippen molar-refractivity contribution in [2.75, 3.05) is 13.6 Å². The van der Waals surface area contributed by atoms with Crippen LogP contribution in [0.15, 0.2) is 12.3 Å². The van der Waals surface area contributed by atoms with Crippen molar-refractivity contribution in [3.05, 3.63) is 18.0 Å². The Hall–Kier alpha value is -0.830. The fourth-order valence-electron chi connectivity index (χ4n) is 2.06. The highest BCUT2D eigenvalue weighted by atomic mass is 15.4. The Morgan fingerprint density at radius 1 is 1.50 bits per heavy atom. The SMILES string of the molecule is CN1Cc2ccnn2C(C)(C)C1. The van der Waals surface area contributed by atoms with Gasteiger partial charge in [-0.25, -0.2) is 0 Å². The molecule has 3 nitrogen and oxygen atoms in total. The van der Waals surface area contributed by atoms with Crippen molar-refractivity contribution in [1.82, 2.24) is 14.7 Å². The third kappa shape index (κ3) is 1.05. The summed E-state index contributed by atoms with van der Waals surface area (Å²) in [5.41, 5.74) is 1.46. The Kier molecular flexibility index (Phi) is 1.51. The number of nitrogens with zero attached hydrogens (tertiary/aromatic N) is 3. The largest absolute Gasteiger partial charge is 0.298 e. The molecule has 0 fully saturated rings. The van der Waals surface area contributed by atoms with Crippen molar-refractivity contribution in [3.63, 3.8) is 0 Å². The fourth-order valence-corrected chi connectivity index (χ4v) is 2.06. The molecule has 0 N–H and O–H groups in total. The van der Waals surface area contributed by atoms with E-state index in [-0.39, 0.29) is 5.54 Å². The van der Waals surface area contributed by atoms with Gasteiger partial charge in [-0.2, -0.15) is 5.10 Å². The molecule has 2 heterocycles. The zero-order valence-electron chi connectivity index (χ0n) is 7.91. The standard InChI is InChI=1S/C9H15N3/c1-9(2)7-11(3)6-8-4-5-10-12(8)9/h4-5H,6-7H2,1-3H3. The molecule has 2 rings (SSSR count). The van der Waals surface area contributed by atoms with Crippen LogP contribution in [-0.4, -0.2) is 28.3 Å². The van der Waals surface area contributed by atoms with Gasteiger partial charge in [0.05, 0.1) is 11.2 Å². The van der Waals surface area contributed by atoms with Crippen LogP contribution in [0.25, 0.3) is 0 Å². The third-order valence-electron chi connectivity index (χ3n) is 2.38. The molecule has 0 saturated heterocycles. The highest BCUT2D eigenvalue weighted by Gasteiger charge is 2.29. The first-order valence-electron chi connectivity index (χ1n) is 4.31. The van der Waals surface area contributed by atoms with Crippen molar-refractivity contribution >= 4 is 0 Å². The van der Waals surface area contributed by atoms with E-state index in [1.165, 1.54) is 5.69 Å². The number of hydrogen-bond donors (Lipinski definition) is 0. The fraction of sp³-hybridized carbons (Fsp3) is 0.667. The van der Waals surface area contributed by atoms with E-state index < -0.39 is 0 Å². The van der Waals surface area contributed by atoms with Gasteiger partial charge in [-0.15, -0.1) is 0 Å². The lowest BCUT2D eigenvalue weighted by Crippen LogP contribution is -2.45. The lowest BCUT2D eigenvalue weighted by molar-refractivity contribution is 0.146. The molecule has 0 atom stereocenters. The predicted octanol–water partition coefficient (Wildman–Crippen LogP) is 1.06. The van der Waals surface area contributed by atoms with Gasteiger partial charge in [0.1, 0.15) is 0 Å². The van der Waals surface area contributed by atoms with E-state index in [0.717, 1.165) is 13.1 Å². The van der Waals surface area contributed by atoms with E-state index in [0.29, 0.717) is 0 Å². The summed E-state index contributed by atoms with van der Waals surface area (Å²) in [6.45, 7) is 6.53. The van der Waals surface area contributed by atoms with Crippen molar-refractivity contribution in [2.45, 2.75) is 25.9 Å². The summed E-state index contributed by atoms with van der Waals surface area (Å²) in [5, 5.41) is 4.33. The molecule has 66 valence electrons. The topological polar surface area (TPSA) is 21.1 Å². The molecule has 0 bridgehead atoms. The van der Waals surface area contributed by atoms with Gasteiger partial charge in [0.25, 0.3) is 0 Å². The van der Waals surface area contributed by atoms with Crippen LogP contribution in [0.2, 0.25) is 0 Å². The molecule has 1 aliphatic rings. The molecule has 0 amide bonds. The summed E-state index contributed by atoms with van der Waals surface area (Å²) in [6.07, 6.45) is 1.89. The van der Waals surface area contributed by atoms with Gasteiger partial charge in [0.2, 0.25) is 0 Å². The van der Waals surface area contributed by atoms with Gasteiger partial charge >= 0.3 is 0 Å². The first kappa shape index (κ1) is 7.80. The number of aromatic nitrogens is 2. The average molecular weight is 165 g/mol. The predicted molar refractivity (Wildman–Crippen MR) is 47.9 cm³/mol. The highest BCUT2D eigenvalue weighted by Crippen LogP contribution is 2.23. The monoisotopic (exact) mass is 165 g/mol. The molecule has 3 heteroatoms. The van der Waals surface area contributed by atoms with Crippen LogP contribution in [0.3, 0.4) is 0 Å². The quantitative estimate of drug-likeness (QED) is 0.573. The van der Waals surface area contributed by atoms with Crippen molar-refractivity contribution < 1.29 is 0 Å². The van der Waals surface area contributed by atoms with Crippen LogP contribution >= 0.6 is 0 Å². The summed E-state index contributed by atoms with van der Waals surface area (Å²) in [4.78, 5) is 2.33. The van der Waals surface area contributed by atoms with E-state index in [1.807, 2.05) is 6.20 Å². The molecule has 0 aliphatic carbocycles. The van der Waals surface area contributed by atoms with Crippen molar-refractivity contribution in [3.8, 4) is 0 Å². The lowest BCUT2D eigenvalue weighted by atomic mass is 10.0. The van der Waals surface area contributed by atoms with E-state index in [9.17, 15) is 0 Å². The second-order valence-electron chi connectivity index (χ2n) is 4.22. The molecule has 1 aliphatic heterocycles. The summed E-state index contributed by atoms with van der Waals surface area (Å²) < 4.78 is 2.13. The van der Waals surface area contributed by atoms with E-state index >= 15 is 0 Å². The molecule has 0 saturated carbocycles. The molecule has 1 aromatic rings. The van der Waals surface area contributed by atoms with Crippen LogP contribution in [-0.2, 0) is 12.1 Å². The zero-order chi connectivity index (χ0) is 8.77. The zero-order valence-corrected chi connectivity index (χ0v) is 7.91. The van der Waals surface area contributed by atoms with Crippen LogP contribution in [0.5, 0.6) is 0 Å². The third-order valence-corrected chi connectivity index (χ3v) is 2.38. The maximum absolute atomic E-state index is 4.33. The van der Waals surface area contributed by atoms with E-state index in [4.69, 9.17) is 0 Å². The van der Waals surface area contributed by atoms with Crippen LogP contribution in [0, 0.1) is 0 Å². The molecule has 0 spiro atoms. The van der Waals surface area contributed by atoms with Gasteiger partial charge in [0.15, 0.2) is 0 Å². The summed E-state index contributed by atoms with van der Waals surface area (Å²) in [5.74, 6) is 0. The van der Waals surface area contributed by atoms with E-state index in [1.54, 1.807) is 0 Å². The second kappa shape index (κ2) is 2.33. The van der Waals surface area contributed by atoms with Crippen LogP contribution < -0.4 is 0 Å².